The summed E-state index contributed by atoms with van der Waals surface area (Å²) in [6.45, 7) is 1.11. The summed E-state index contributed by atoms with van der Waals surface area (Å²) in [5.41, 5.74) is 0.867. The van der Waals surface area contributed by atoms with Crippen LogP contribution in [0.1, 0.15) is 23.2 Å². The van der Waals surface area contributed by atoms with Gasteiger partial charge in [-0.25, -0.2) is 9.38 Å². The SMILES string of the molecule is COc1ccc(Cl)cc1NC(=NC[C@@H]1CCCO1)NC(=O)c1ccc(F)cc1. The van der Waals surface area contributed by atoms with Crippen molar-refractivity contribution in [3.05, 3.63) is 58.9 Å². The summed E-state index contributed by atoms with van der Waals surface area (Å²) in [4.78, 5) is 17.0. The summed E-state index contributed by atoms with van der Waals surface area (Å²) in [6, 6.07) is 10.4. The van der Waals surface area contributed by atoms with Gasteiger partial charge in [-0.05, 0) is 55.3 Å². The number of aliphatic imine (C=N–C) groups is 1. The number of methoxy groups -OCH3 is 1. The van der Waals surface area contributed by atoms with Gasteiger partial charge in [-0.3, -0.25) is 10.1 Å². The number of hydrogen-bond acceptors (Lipinski definition) is 4. The van der Waals surface area contributed by atoms with E-state index in [0.29, 0.717) is 35.2 Å². The molecule has 1 heterocycles. The van der Waals surface area contributed by atoms with Crippen molar-refractivity contribution < 1.29 is 18.7 Å². The molecule has 3 rings (SSSR count). The Morgan fingerprint density at radius 1 is 1.32 bits per heavy atom. The number of anilines is 1. The summed E-state index contributed by atoms with van der Waals surface area (Å²) in [7, 11) is 1.54. The predicted octanol–water partition coefficient (Wildman–Crippen LogP) is 3.86. The molecule has 1 aliphatic heterocycles. The maximum absolute atomic E-state index is 13.1. The van der Waals surface area contributed by atoms with Crippen LogP contribution in [-0.4, -0.2) is 38.2 Å². The summed E-state index contributed by atoms with van der Waals surface area (Å²) in [5, 5.41) is 6.28. The molecule has 2 aromatic rings. The van der Waals surface area contributed by atoms with E-state index >= 15 is 0 Å². The maximum atomic E-state index is 13.1. The third-order valence-electron chi connectivity index (χ3n) is 4.23. The van der Waals surface area contributed by atoms with Crippen LogP contribution in [0.5, 0.6) is 5.75 Å². The number of nitrogens with one attached hydrogen (secondary N) is 2. The smallest absolute Gasteiger partial charge is 0.257 e. The lowest BCUT2D eigenvalue weighted by atomic mass is 10.2. The molecular weight excluding hydrogens is 385 g/mol. The van der Waals surface area contributed by atoms with Gasteiger partial charge in [0.05, 0.1) is 25.4 Å². The van der Waals surface area contributed by atoms with Crippen molar-refractivity contribution in [2.45, 2.75) is 18.9 Å². The molecule has 0 aliphatic carbocycles. The van der Waals surface area contributed by atoms with E-state index in [9.17, 15) is 9.18 Å². The van der Waals surface area contributed by atoms with Crippen molar-refractivity contribution in [2.75, 3.05) is 25.6 Å². The van der Waals surface area contributed by atoms with Crippen LogP contribution in [0.2, 0.25) is 5.02 Å². The van der Waals surface area contributed by atoms with Crippen molar-refractivity contribution in [3.63, 3.8) is 0 Å². The Balaban J connectivity index is 1.80. The highest BCUT2D eigenvalue weighted by Crippen LogP contribution is 2.27. The molecule has 0 radical (unpaired) electrons. The number of ether oxygens (including phenoxy) is 2. The number of hydrogen-bond donors (Lipinski definition) is 2. The Hall–Kier alpha value is -2.64. The van der Waals surface area contributed by atoms with Gasteiger partial charge in [0.25, 0.3) is 5.91 Å². The molecule has 1 atom stereocenters. The zero-order valence-electron chi connectivity index (χ0n) is 15.4. The number of carbonyl (C=O) groups is 1. The third kappa shape index (κ3) is 5.43. The number of halogens is 2. The third-order valence-corrected chi connectivity index (χ3v) is 4.47. The van der Waals surface area contributed by atoms with E-state index in [2.05, 4.69) is 15.6 Å². The van der Waals surface area contributed by atoms with Crippen LogP contribution in [-0.2, 0) is 4.74 Å². The molecule has 2 N–H and O–H groups in total. The molecule has 6 nitrogen and oxygen atoms in total. The van der Waals surface area contributed by atoms with E-state index in [0.717, 1.165) is 12.8 Å². The minimum atomic E-state index is -0.417. The van der Waals surface area contributed by atoms with Gasteiger partial charge in [-0.2, -0.15) is 0 Å². The van der Waals surface area contributed by atoms with Gasteiger partial charge in [0, 0.05) is 17.2 Å². The zero-order valence-corrected chi connectivity index (χ0v) is 16.1. The van der Waals surface area contributed by atoms with Crippen molar-refractivity contribution in [3.8, 4) is 5.75 Å². The Morgan fingerprint density at radius 3 is 2.79 bits per heavy atom. The van der Waals surface area contributed by atoms with Crippen LogP contribution in [0.15, 0.2) is 47.5 Å². The van der Waals surface area contributed by atoms with Crippen LogP contribution in [0.4, 0.5) is 10.1 Å². The van der Waals surface area contributed by atoms with Gasteiger partial charge in [-0.15, -0.1) is 0 Å². The largest absolute Gasteiger partial charge is 0.495 e. The van der Waals surface area contributed by atoms with Crippen LogP contribution < -0.4 is 15.4 Å². The highest BCUT2D eigenvalue weighted by molar-refractivity contribution is 6.31. The average molecular weight is 406 g/mol. The monoisotopic (exact) mass is 405 g/mol. The first kappa shape index (κ1) is 20.1. The molecule has 0 aromatic heterocycles. The summed E-state index contributed by atoms with van der Waals surface area (Å²) in [6.07, 6.45) is 1.93. The van der Waals surface area contributed by atoms with E-state index in [4.69, 9.17) is 21.1 Å². The van der Waals surface area contributed by atoms with E-state index < -0.39 is 11.7 Å². The maximum Gasteiger partial charge on any atom is 0.257 e. The van der Waals surface area contributed by atoms with Gasteiger partial charge >= 0.3 is 0 Å². The van der Waals surface area contributed by atoms with Gasteiger partial charge in [0.2, 0.25) is 5.96 Å². The van der Waals surface area contributed by atoms with Gasteiger partial charge < -0.3 is 14.8 Å². The Morgan fingerprint density at radius 2 is 2.11 bits per heavy atom. The fourth-order valence-corrected chi connectivity index (χ4v) is 2.95. The second kappa shape index (κ2) is 9.52. The second-order valence-corrected chi connectivity index (χ2v) is 6.69. The van der Waals surface area contributed by atoms with E-state index in [1.165, 1.54) is 31.4 Å². The second-order valence-electron chi connectivity index (χ2n) is 6.25. The normalized spacial score (nSPS) is 16.7. The molecule has 0 saturated carbocycles. The molecule has 28 heavy (non-hydrogen) atoms. The fraction of sp³-hybridized carbons (Fsp3) is 0.300. The van der Waals surface area contributed by atoms with Gasteiger partial charge in [-0.1, -0.05) is 11.6 Å². The average Bonchev–Trinajstić information content (AvgIpc) is 3.20. The lowest BCUT2D eigenvalue weighted by Crippen LogP contribution is -2.36. The van der Waals surface area contributed by atoms with Crippen LogP contribution in [0.25, 0.3) is 0 Å². The number of guanidine groups is 1. The number of benzene rings is 2. The highest BCUT2D eigenvalue weighted by Gasteiger charge is 2.17. The topological polar surface area (TPSA) is 71.9 Å². The van der Waals surface area contributed by atoms with Gasteiger partial charge in [0.15, 0.2) is 0 Å². The molecular formula is C20H21ClFN3O3. The molecule has 0 bridgehead atoms. The van der Waals surface area contributed by atoms with Gasteiger partial charge in [0.1, 0.15) is 11.6 Å². The number of amides is 1. The lowest BCUT2D eigenvalue weighted by molar-refractivity contribution is 0.0975. The van der Waals surface area contributed by atoms with E-state index in [1.54, 1.807) is 18.2 Å². The minimum absolute atomic E-state index is 0.0146. The molecule has 1 aliphatic rings. The molecule has 148 valence electrons. The Kier molecular flexibility index (Phi) is 6.84. The molecule has 8 heteroatoms. The summed E-state index contributed by atoms with van der Waals surface area (Å²) >= 11 is 6.08. The lowest BCUT2D eigenvalue weighted by Gasteiger charge is -2.15. The van der Waals surface area contributed by atoms with Crippen molar-refractivity contribution in [1.29, 1.82) is 0 Å². The van der Waals surface area contributed by atoms with Crippen molar-refractivity contribution in [1.82, 2.24) is 5.32 Å². The Bertz CT molecular complexity index is 852. The number of carbonyl (C=O) groups excluding carboxylic acids is 1. The zero-order chi connectivity index (χ0) is 19.9. The van der Waals surface area contributed by atoms with Crippen molar-refractivity contribution in [2.24, 2.45) is 4.99 Å². The first-order chi connectivity index (χ1) is 13.5. The highest BCUT2D eigenvalue weighted by atomic mass is 35.5. The van der Waals surface area contributed by atoms with Crippen LogP contribution >= 0.6 is 11.6 Å². The summed E-state index contributed by atoms with van der Waals surface area (Å²) < 4.78 is 24.0. The first-order valence-electron chi connectivity index (χ1n) is 8.88. The number of nitrogens with zero attached hydrogens (tertiary/aromatic N) is 1. The van der Waals surface area contributed by atoms with Crippen LogP contribution in [0.3, 0.4) is 0 Å². The molecule has 1 amide bonds. The molecule has 2 aromatic carbocycles. The summed E-state index contributed by atoms with van der Waals surface area (Å²) in [5.74, 6) is -0.0548. The Labute approximate surface area is 167 Å². The standard InChI is InChI=1S/C20H21ClFN3O3/c1-27-18-9-6-14(21)11-17(18)24-20(23-12-16-3-2-10-28-16)25-19(26)13-4-7-15(22)8-5-13/h4-9,11,16H,2-3,10,12H2,1H3,(H2,23,24,25,26)/t16-/m0/s1. The molecule has 0 unspecified atom stereocenters. The fourth-order valence-electron chi connectivity index (χ4n) is 2.78. The molecule has 1 saturated heterocycles. The van der Waals surface area contributed by atoms with E-state index in [-0.39, 0.29) is 12.1 Å². The number of rotatable bonds is 5. The predicted molar refractivity (Wildman–Crippen MR) is 107 cm³/mol. The molecule has 0 spiro atoms. The van der Waals surface area contributed by atoms with E-state index in [1.807, 2.05) is 0 Å². The quantitative estimate of drug-likeness (QED) is 0.585. The minimum Gasteiger partial charge on any atom is -0.495 e. The van der Waals surface area contributed by atoms with Crippen LogP contribution in [0, 0.1) is 5.82 Å². The van der Waals surface area contributed by atoms with Crippen molar-refractivity contribution >= 4 is 29.2 Å². The first-order valence-corrected chi connectivity index (χ1v) is 9.26. The molecule has 1 fully saturated rings.